The minimum atomic E-state index is -1.01. The minimum absolute atomic E-state index is 0.0172. The zero-order valence-electron chi connectivity index (χ0n) is 37.1. The fraction of sp³-hybridized carbons (Fsp3) is 0.283. The van der Waals surface area contributed by atoms with Gasteiger partial charge in [-0.3, -0.25) is 24.4 Å². The van der Waals surface area contributed by atoms with Gasteiger partial charge in [-0.1, -0.05) is 68.7 Å². The molecule has 334 valence electrons. The maximum absolute atomic E-state index is 11.9. The Morgan fingerprint density at radius 1 is 0.758 bits per heavy atom. The van der Waals surface area contributed by atoms with Crippen LogP contribution >= 0.6 is 0 Å². The number of aliphatic hydroxyl groups excluding tert-OH is 2. The molecular formula is C53H48N4O9. The molecule has 0 bridgehead atoms. The number of amides is 1. The van der Waals surface area contributed by atoms with Crippen molar-refractivity contribution in [1.29, 1.82) is 0 Å². The molecule has 0 saturated heterocycles. The van der Waals surface area contributed by atoms with Gasteiger partial charge in [0.05, 0.1) is 34.6 Å². The average Bonchev–Trinajstić information content (AvgIpc) is 4.25. The van der Waals surface area contributed by atoms with E-state index in [0.29, 0.717) is 39.9 Å². The highest BCUT2D eigenvalue weighted by Crippen LogP contribution is 2.37. The number of esters is 1. The number of hydrogen-bond donors (Lipinski definition) is 4. The molecule has 13 heteroatoms. The first kappa shape index (κ1) is 49.1. The van der Waals surface area contributed by atoms with E-state index in [1.54, 1.807) is 65.1 Å². The van der Waals surface area contributed by atoms with Crippen molar-refractivity contribution in [2.45, 2.75) is 47.5 Å². The molecule has 13 nitrogen and oxygen atoms in total. The Hall–Kier alpha value is -7.94. The second-order valence-corrected chi connectivity index (χ2v) is 16.2. The van der Waals surface area contributed by atoms with Crippen LogP contribution in [0.15, 0.2) is 91.5 Å². The van der Waals surface area contributed by atoms with Crippen LogP contribution in [0.3, 0.4) is 0 Å². The number of rotatable bonds is 9. The number of nitrogens with zero attached hydrogens (tertiary/aromatic N) is 3. The molecule has 0 radical (unpaired) electrons. The number of carbonyl (C=O) groups excluding carboxylic acids is 4. The van der Waals surface area contributed by atoms with Crippen molar-refractivity contribution in [1.82, 2.24) is 15.0 Å². The number of ketones is 2. The highest BCUT2D eigenvalue weighted by Gasteiger charge is 2.35. The highest BCUT2D eigenvalue weighted by molar-refractivity contribution is 6.42. The maximum atomic E-state index is 11.9. The monoisotopic (exact) mass is 884 g/mol. The quantitative estimate of drug-likeness (QED) is 0.0531. The van der Waals surface area contributed by atoms with Crippen molar-refractivity contribution in [2.75, 3.05) is 25.1 Å². The summed E-state index contributed by atoms with van der Waals surface area (Å²) in [4.78, 5) is 70.3. The zero-order chi connectivity index (χ0) is 47.8. The Labute approximate surface area is 383 Å². The van der Waals surface area contributed by atoms with Gasteiger partial charge in [0, 0.05) is 82.9 Å². The van der Waals surface area contributed by atoms with Gasteiger partial charge in [0.1, 0.15) is 0 Å². The lowest BCUT2D eigenvalue weighted by Crippen LogP contribution is -2.29. The summed E-state index contributed by atoms with van der Waals surface area (Å²) in [6.45, 7) is 8.91. The molecule has 2 saturated carbocycles. The molecule has 66 heavy (non-hydrogen) atoms. The summed E-state index contributed by atoms with van der Waals surface area (Å²) < 4.78 is 4.66. The van der Waals surface area contributed by atoms with Crippen molar-refractivity contribution in [2.24, 2.45) is 29.1 Å². The summed E-state index contributed by atoms with van der Waals surface area (Å²) in [6.07, 6.45) is 7.71. The maximum Gasteiger partial charge on any atom is 0.379 e. The standard InChI is InChI=1S/C23H16N2O3.C16H14O2.C14H18N2O4/c26-14-18-11-17(18)4-2-1-3-15-5-7-16(8-6-15)22-12-19(23(27)28)20-13-24-10-9-21(20)25-22;1-12(18)14-8-6-13(7-9-14)4-2-3-5-15-10-16(15)11-17;1-5-20-12(18)11(17)9-8-15-7-6-10(9)16-13(19)14(2,3)4/h5-10,12-13,17-18,26H,11,14H2,(H,27,28);6-9,15-17H,10-11H2,1H3;6-8H,5H2,1-4H3,(H,15,16,19)/t17-,18?;15-,16?;/m11./s1. The predicted octanol–water partition coefficient (Wildman–Crippen LogP) is 6.66. The van der Waals surface area contributed by atoms with Crippen LogP contribution in [0.2, 0.25) is 0 Å². The Kier molecular flexibility index (Phi) is 17.2. The number of pyridine rings is 3. The van der Waals surface area contributed by atoms with Crippen LogP contribution in [-0.4, -0.2) is 79.5 Å². The van der Waals surface area contributed by atoms with Gasteiger partial charge in [-0.2, -0.15) is 0 Å². The molecule has 7 rings (SSSR count). The Bertz CT molecular complexity index is 2870. The third kappa shape index (κ3) is 14.3. The summed E-state index contributed by atoms with van der Waals surface area (Å²) in [5, 5.41) is 30.5. The number of Topliss-reactive ketones (excluding diaryl/α,β-unsaturated/α-hetero) is 2. The number of carbonyl (C=O) groups is 5. The minimum Gasteiger partial charge on any atom is -0.478 e. The molecule has 3 aromatic heterocycles. The lowest BCUT2D eigenvalue weighted by atomic mass is 9.95. The van der Waals surface area contributed by atoms with Crippen LogP contribution in [0.1, 0.15) is 89.7 Å². The molecule has 0 aliphatic heterocycles. The van der Waals surface area contributed by atoms with Gasteiger partial charge in [0.25, 0.3) is 5.78 Å². The second kappa shape index (κ2) is 23.1. The SMILES string of the molecule is CC(=O)c1ccc(C#CC#C[C@@H]2CC2CO)cc1.CCOC(=O)C(=O)c1cnccc1NC(=O)C(C)(C)C.O=C(O)c1cc(-c2ccc(C#CC#C[C@@H]3CC3CO)cc2)nc2ccncc12. The molecule has 2 aliphatic carbocycles. The van der Waals surface area contributed by atoms with Crippen LogP contribution in [0.5, 0.6) is 0 Å². The van der Waals surface area contributed by atoms with Crippen LogP contribution in [0.4, 0.5) is 5.69 Å². The zero-order valence-corrected chi connectivity index (χ0v) is 37.1. The van der Waals surface area contributed by atoms with Crippen LogP contribution in [0, 0.1) is 76.5 Å². The van der Waals surface area contributed by atoms with Crippen molar-refractivity contribution >= 4 is 46.0 Å². The molecule has 2 aromatic carbocycles. The molecule has 4 atom stereocenters. The van der Waals surface area contributed by atoms with E-state index in [9.17, 15) is 29.1 Å². The summed E-state index contributed by atoms with van der Waals surface area (Å²) in [5.41, 5.74) is 4.16. The topological polar surface area (TPSA) is 206 Å². The smallest absolute Gasteiger partial charge is 0.379 e. The number of anilines is 1. The van der Waals surface area contributed by atoms with Crippen LogP contribution in [0.25, 0.3) is 22.2 Å². The number of carboxylic acids is 1. The van der Waals surface area contributed by atoms with E-state index in [1.165, 1.54) is 24.7 Å². The Morgan fingerprint density at radius 3 is 1.83 bits per heavy atom. The number of fused-ring (bicyclic) bond motifs is 1. The number of nitrogens with one attached hydrogen (secondary N) is 1. The van der Waals surface area contributed by atoms with Gasteiger partial charge in [-0.05, 0) is 105 Å². The van der Waals surface area contributed by atoms with Crippen molar-refractivity contribution in [3.05, 3.63) is 119 Å². The van der Waals surface area contributed by atoms with Crippen molar-refractivity contribution < 1.29 is 44.0 Å². The average molecular weight is 885 g/mol. The van der Waals surface area contributed by atoms with E-state index >= 15 is 0 Å². The first-order chi connectivity index (χ1) is 31.6. The third-order valence-corrected chi connectivity index (χ3v) is 10.1. The summed E-state index contributed by atoms with van der Waals surface area (Å²) >= 11 is 0. The lowest BCUT2D eigenvalue weighted by molar-refractivity contribution is -0.137. The molecule has 0 spiro atoms. The van der Waals surface area contributed by atoms with Crippen molar-refractivity contribution in [3.63, 3.8) is 0 Å². The van der Waals surface area contributed by atoms with Gasteiger partial charge >= 0.3 is 11.9 Å². The summed E-state index contributed by atoms with van der Waals surface area (Å²) in [6, 6.07) is 19.3. The van der Waals surface area contributed by atoms with Crippen molar-refractivity contribution in [3.8, 4) is 58.6 Å². The molecule has 3 heterocycles. The fourth-order valence-corrected chi connectivity index (χ4v) is 5.92. The number of hydrogen-bond acceptors (Lipinski definition) is 11. The van der Waals surface area contributed by atoms with E-state index < -0.39 is 23.1 Å². The number of benzene rings is 2. The van der Waals surface area contributed by atoms with E-state index in [4.69, 9.17) is 10.2 Å². The molecule has 5 aromatic rings. The molecular weight excluding hydrogens is 837 g/mol. The Morgan fingerprint density at radius 2 is 1.32 bits per heavy atom. The van der Waals surface area contributed by atoms with Gasteiger partial charge in [0.2, 0.25) is 5.91 Å². The Balaban J connectivity index is 0.000000192. The third-order valence-electron chi connectivity index (χ3n) is 10.1. The number of ether oxygens (including phenoxy) is 1. The number of aromatic carboxylic acids is 1. The van der Waals surface area contributed by atoms with Gasteiger partial charge in [-0.15, -0.1) is 0 Å². The number of aromatic nitrogens is 3. The predicted molar refractivity (Wildman–Crippen MR) is 248 cm³/mol. The van der Waals surface area contributed by atoms with E-state index in [-0.39, 0.29) is 54.2 Å². The molecule has 2 fully saturated rings. The second-order valence-electron chi connectivity index (χ2n) is 16.2. The van der Waals surface area contributed by atoms with E-state index in [2.05, 4.69) is 72.4 Å². The largest absolute Gasteiger partial charge is 0.478 e. The van der Waals surface area contributed by atoms with Crippen LogP contribution < -0.4 is 5.32 Å². The van der Waals surface area contributed by atoms with Gasteiger partial charge in [0.15, 0.2) is 5.78 Å². The first-order valence-electron chi connectivity index (χ1n) is 21.0. The highest BCUT2D eigenvalue weighted by atomic mass is 16.5. The summed E-state index contributed by atoms with van der Waals surface area (Å²) in [7, 11) is 0. The lowest BCUT2D eigenvalue weighted by Gasteiger charge is -2.18. The number of aliphatic hydroxyl groups is 2. The molecule has 2 unspecified atom stereocenters. The van der Waals surface area contributed by atoms with E-state index in [1.807, 2.05) is 36.4 Å². The first-order valence-corrected chi connectivity index (χ1v) is 21.0. The van der Waals surface area contributed by atoms with E-state index in [0.717, 1.165) is 29.5 Å². The molecule has 4 N–H and O–H groups in total. The fourth-order valence-electron chi connectivity index (χ4n) is 5.92. The summed E-state index contributed by atoms with van der Waals surface area (Å²) in [5.74, 6) is 21.5. The number of carboxylic acid groups (broad SMARTS) is 1. The van der Waals surface area contributed by atoms with Crippen LogP contribution in [-0.2, 0) is 14.3 Å². The van der Waals surface area contributed by atoms with Gasteiger partial charge < -0.3 is 25.4 Å². The normalized spacial score (nSPS) is 16.0. The van der Waals surface area contributed by atoms with Gasteiger partial charge in [-0.25, -0.2) is 14.6 Å². The molecule has 2 aliphatic rings. The molecule has 1 amide bonds.